The Morgan fingerprint density at radius 2 is 2.00 bits per heavy atom. The number of rotatable bonds is 5. The first kappa shape index (κ1) is 12.2. The number of nitrogens with zero attached hydrogens (tertiary/aromatic N) is 1. The topological polar surface area (TPSA) is 35.8 Å². The van der Waals surface area contributed by atoms with Crippen molar-refractivity contribution in [2.45, 2.75) is 31.7 Å². The van der Waals surface area contributed by atoms with Gasteiger partial charge in [0.15, 0.2) is 0 Å². The maximum atomic E-state index is 12.3. The van der Waals surface area contributed by atoms with Gasteiger partial charge in [-0.15, -0.1) is 0 Å². The Kier molecular flexibility index (Phi) is 4.70. The van der Waals surface area contributed by atoms with Gasteiger partial charge in [-0.25, -0.2) is 8.78 Å². The van der Waals surface area contributed by atoms with Crippen molar-refractivity contribution >= 4 is 0 Å². The van der Waals surface area contributed by atoms with Gasteiger partial charge in [0.05, 0.1) is 19.0 Å². The fourth-order valence-electron chi connectivity index (χ4n) is 0.597. The molecule has 0 spiro atoms. The largest absolute Gasteiger partial charge is 0.319 e. The number of hydrogen-bond donors (Lipinski definition) is 1. The third-order valence-electron chi connectivity index (χ3n) is 1.40. The van der Waals surface area contributed by atoms with Crippen LogP contribution in [0.15, 0.2) is 0 Å². The van der Waals surface area contributed by atoms with Crippen LogP contribution in [-0.4, -0.2) is 24.9 Å². The van der Waals surface area contributed by atoms with Crippen LogP contribution < -0.4 is 5.32 Å². The van der Waals surface area contributed by atoms with Gasteiger partial charge in [-0.1, -0.05) is 0 Å². The smallest absolute Gasteiger partial charge is 0.307 e. The van der Waals surface area contributed by atoms with Crippen molar-refractivity contribution in [3.8, 4) is 6.07 Å². The van der Waals surface area contributed by atoms with E-state index in [1.54, 1.807) is 6.07 Å². The third-order valence-corrected chi connectivity index (χ3v) is 1.40. The monoisotopic (exact) mass is 198 g/mol. The van der Waals surface area contributed by atoms with Crippen LogP contribution in [-0.2, 0) is 0 Å². The maximum absolute atomic E-state index is 12.3. The molecule has 0 radical (unpaired) electrons. The molecule has 0 fully saturated rings. The van der Waals surface area contributed by atoms with E-state index in [1.807, 2.05) is 0 Å². The van der Waals surface area contributed by atoms with Gasteiger partial charge < -0.3 is 5.32 Å². The number of nitrogens with one attached hydrogen (secondary N) is 1. The van der Waals surface area contributed by atoms with E-state index >= 15 is 0 Å². The number of nitriles is 1. The molecule has 0 aliphatic carbocycles. The van der Waals surface area contributed by atoms with Crippen LogP contribution >= 0.6 is 0 Å². The van der Waals surface area contributed by atoms with E-state index in [0.29, 0.717) is 0 Å². The molecule has 0 aliphatic rings. The van der Waals surface area contributed by atoms with Gasteiger partial charge >= 0.3 is 12.3 Å². The lowest BCUT2D eigenvalue weighted by Gasteiger charge is -2.18. The summed E-state index contributed by atoms with van der Waals surface area (Å²) in [5, 5.41) is 10.3. The second kappa shape index (κ2) is 5.02. The van der Waals surface area contributed by atoms with Crippen molar-refractivity contribution in [2.24, 2.45) is 0 Å². The summed E-state index contributed by atoms with van der Waals surface area (Å²) >= 11 is 0. The van der Waals surface area contributed by atoms with E-state index in [2.05, 4.69) is 5.32 Å². The van der Waals surface area contributed by atoms with E-state index in [-0.39, 0.29) is 6.42 Å². The molecule has 0 aliphatic heterocycles. The Labute approximate surface area is 73.5 Å². The van der Waals surface area contributed by atoms with E-state index in [1.165, 1.54) is 6.92 Å². The summed E-state index contributed by atoms with van der Waals surface area (Å²) in [7, 11) is 0. The molecule has 2 nitrogen and oxygen atoms in total. The lowest BCUT2D eigenvalue weighted by atomic mass is 10.2. The summed E-state index contributed by atoms with van der Waals surface area (Å²) in [6, 6.07) is 1.23. The highest BCUT2D eigenvalue weighted by Gasteiger charge is 2.40. The predicted molar refractivity (Wildman–Crippen MR) is 38.6 cm³/mol. The quantitative estimate of drug-likeness (QED) is 0.683. The molecule has 0 rings (SSSR count). The molecule has 1 atom stereocenters. The highest BCUT2D eigenvalue weighted by atomic mass is 19.3. The molecule has 1 unspecified atom stereocenters. The average molecular weight is 198 g/mol. The molecule has 0 heterocycles. The van der Waals surface area contributed by atoms with Gasteiger partial charge in [-0.3, -0.25) is 0 Å². The van der Waals surface area contributed by atoms with E-state index in [9.17, 15) is 17.6 Å². The Morgan fingerprint density at radius 1 is 1.46 bits per heavy atom. The minimum atomic E-state index is -4.02. The Bertz CT molecular complexity index is 187. The molecular formula is C7H10F4N2. The molecule has 0 bridgehead atoms. The lowest BCUT2D eigenvalue weighted by molar-refractivity contribution is -0.126. The van der Waals surface area contributed by atoms with Crippen LogP contribution in [0.3, 0.4) is 0 Å². The van der Waals surface area contributed by atoms with Gasteiger partial charge in [0.1, 0.15) is 0 Å². The summed E-state index contributed by atoms with van der Waals surface area (Å²) in [6.07, 6.45) is -3.66. The van der Waals surface area contributed by atoms with Gasteiger partial charge in [0.25, 0.3) is 0 Å². The van der Waals surface area contributed by atoms with E-state index < -0.39 is 24.9 Å². The molecule has 0 amide bonds. The zero-order valence-corrected chi connectivity index (χ0v) is 7.03. The minimum Gasteiger partial charge on any atom is -0.307 e. The zero-order valence-electron chi connectivity index (χ0n) is 7.03. The molecule has 0 aromatic heterocycles. The molecule has 0 saturated heterocycles. The van der Waals surface area contributed by atoms with E-state index in [4.69, 9.17) is 5.26 Å². The SMILES string of the molecule is CC(CC#N)NCC(F)(F)C(F)F. The Balaban J connectivity index is 3.82. The highest BCUT2D eigenvalue weighted by Crippen LogP contribution is 2.21. The molecule has 0 aromatic rings. The first-order chi connectivity index (χ1) is 5.90. The highest BCUT2D eigenvalue weighted by molar-refractivity contribution is 4.80. The third kappa shape index (κ3) is 4.68. The maximum Gasteiger partial charge on any atom is 0.319 e. The molecule has 13 heavy (non-hydrogen) atoms. The molecule has 1 N–H and O–H groups in total. The number of hydrogen-bond acceptors (Lipinski definition) is 2. The van der Waals surface area contributed by atoms with Gasteiger partial charge in [0.2, 0.25) is 0 Å². The first-order valence-corrected chi connectivity index (χ1v) is 3.66. The minimum absolute atomic E-state index is 0.0132. The van der Waals surface area contributed by atoms with Crippen molar-refractivity contribution in [1.82, 2.24) is 5.32 Å². The van der Waals surface area contributed by atoms with Crippen LogP contribution in [0.25, 0.3) is 0 Å². The van der Waals surface area contributed by atoms with Gasteiger partial charge in [-0.05, 0) is 6.92 Å². The van der Waals surface area contributed by atoms with Crippen LogP contribution in [0, 0.1) is 11.3 Å². The molecule has 0 aromatic carbocycles. The van der Waals surface area contributed by atoms with Crippen molar-refractivity contribution < 1.29 is 17.6 Å². The molecule has 6 heteroatoms. The fraction of sp³-hybridized carbons (Fsp3) is 0.857. The van der Waals surface area contributed by atoms with Gasteiger partial charge in [0, 0.05) is 6.04 Å². The zero-order chi connectivity index (χ0) is 10.5. The number of halogens is 4. The summed E-state index contributed by atoms with van der Waals surface area (Å²) in [5.74, 6) is -4.02. The van der Waals surface area contributed by atoms with Crippen LogP contribution in [0.1, 0.15) is 13.3 Å². The second-order valence-electron chi connectivity index (χ2n) is 2.71. The Morgan fingerprint density at radius 3 is 2.38 bits per heavy atom. The van der Waals surface area contributed by atoms with Crippen molar-refractivity contribution in [3.05, 3.63) is 0 Å². The second-order valence-corrected chi connectivity index (χ2v) is 2.71. The van der Waals surface area contributed by atoms with Crippen molar-refractivity contribution in [3.63, 3.8) is 0 Å². The summed E-state index contributed by atoms with van der Waals surface area (Å²) in [4.78, 5) is 0. The summed E-state index contributed by atoms with van der Waals surface area (Å²) in [6.45, 7) is 0.373. The standard InChI is InChI=1S/C7H10F4N2/c1-5(2-3-12)13-4-7(10,11)6(8)9/h5-6,13H,2,4H2,1H3. The molecule has 76 valence electrons. The van der Waals surface area contributed by atoms with Gasteiger partial charge in [-0.2, -0.15) is 14.0 Å². The predicted octanol–water partition coefficient (Wildman–Crippen LogP) is 1.78. The normalized spacial score (nSPS) is 14.2. The van der Waals surface area contributed by atoms with Crippen molar-refractivity contribution in [2.75, 3.05) is 6.54 Å². The Hall–Kier alpha value is -0.830. The van der Waals surface area contributed by atoms with Crippen LogP contribution in [0.4, 0.5) is 17.6 Å². The summed E-state index contributed by atoms with van der Waals surface area (Å²) in [5.41, 5.74) is 0. The van der Waals surface area contributed by atoms with Crippen molar-refractivity contribution in [1.29, 1.82) is 5.26 Å². The average Bonchev–Trinajstić information content (AvgIpc) is 2.01. The van der Waals surface area contributed by atoms with Crippen LogP contribution in [0.2, 0.25) is 0 Å². The number of alkyl halides is 4. The summed E-state index contributed by atoms with van der Waals surface area (Å²) < 4.78 is 47.7. The fourth-order valence-corrected chi connectivity index (χ4v) is 0.597. The first-order valence-electron chi connectivity index (χ1n) is 3.66. The molecular weight excluding hydrogens is 188 g/mol. The lowest BCUT2D eigenvalue weighted by Crippen LogP contribution is -2.42. The van der Waals surface area contributed by atoms with E-state index in [0.717, 1.165) is 0 Å². The van der Waals surface area contributed by atoms with Crippen LogP contribution in [0.5, 0.6) is 0 Å². The molecule has 0 saturated carbocycles.